The number of para-hydroxylation sites is 1. The van der Waals surface area contributed by atoms with Crippen LogP contribution in [0, 0.1) is 0 Å². The third-order valence-electron chi connectivity index (χ3n) is 3.45. The van der Waals surface area contributed by atoms with E-state index in [1.54, 1.807) is 11.8 Å². The second-order valence-corrected chi connectivity index (χ2v) is 7.24. The van der Waals surface area contributed by atoms with Gasteiger partial charge in [0.05, 0.1) is 25.3 Å². The van der Waals surface area contributed by atoms with Crippen LogP contribution in [0.3, 0.4) is 0 Å². The first-order chi connectivity index (χ1) is 10.7. The molecule has 0 amide bonds. The highest BCUT2D eigenvalue weighted by Gasteiger charge is 2.14. The Morgan fingerprint density at radius 3 is 2.82 bits per heavy atom. The van der Waals surface area contributed by atoms with E-state index in [-0.39, 0.29) is 0 Å². The summed E-state index contributed by atoms with van der Waals surface area (Å²) in [6.07, 6.45) is 0. The molecule has 0 N–H and O–H groups in total. The molecule has 22 heavy (non-hydrogen) atoms. The van der Waals surface area contributed by atoms with Crippen molar-refractivity contribution in [1.82, 2.24) is 14.9 Å². The first-order valence-corrected chi connectivity index (χ1v) is 9.02. The van der Waals surface area contributed by atoms with E-state index < -0.39 is 0 Å². The smallest absolute Gasteiger partial charge is 0.144 e. The van der Waals surface area contributed by atoms with E-state index in [0.717, 1.165) is 64.8 Å². The molecule has 2 heterocycles. The third-order valence-corrected chi connectivity index (χ3v) is 5.18. The van der Waals surface area contributed by atoms with Crippen LogP contribution in [-0.4, -0.2) is 46.9 Å². The number of nitrogens with zero attached hydrogens (tertiary/aromatic N) is 3. The van der Waals surface area contributed by atoms with Crippen LogP contribution in [-0.2, 0) is 11.3 Å². The minimum absolute atomic E-state index is 0.775. The van der Waals surface area contributed by atoms with Crippen LogP contribution < -0.4 is 0 Å². The molecule has 6 heteroatoms. The molecule has 116 valence electrons. The lowest BCUT2D eigenvalue weighted by Crippen LogP contribution is -2.36. The third kappa shape index (κ3) is 4.07. The van der Waals surface area contributed by atoms with Crippen LogP contribution >= 0.6 is 27.7 Å². The van der Waals surface area contributed by atoms with E-state index in [0.29, 0.717) is 0 Å². The quantitative estimate of drug-likeness (QED) is 0.587. The van der Waals surface area contributed by atoms with E-state index in [1.807, 2.05) is 18.2 Å². The summed E-state index contributed by atoms with van der Waals surface area (Å²) in [4.78, 5) is 11.8. The van der Waals surface area contributed by atoms with Crippen LogP contribution in [0.5, 0.6) is 0 Å². The van der Waals surface area contributed by atoms with Crippen molar-refractivity contribution < 1.29 is 4.74 Å². The van der Waals surface area contributed by atoms with Crippen molar-refractivity contribution in [1.29, 1.82) is 0 Å². The van der Waals surface area contributed by atoms with Crippen LogP contribution in [0.15, 0.2) is 40.4 Å². The Labute approximate surface area is 143 Å². The summed E-state index contributed by atoms with van der Waals surface area (Å²) in [5.74, 6) is 1.68. The number of morpholine rings is 1. The van der Waals surface area contributed by atoms with Gasteiger partial charge in [0.15, 0.2) is 0 Å². The summed E-state index contributed by atoms with van der Waals surface area (Å²) >= 11 is 5.11. The number of hydrogen-bond acceptors (Lipinski definition) is 5. The van der Waals surface area contributed by atoms with Crippen LogP contribution in [0.4, 0.5) is 0 Å². The first-order valence-electron chi connectivity index (χ1n) is 7.24. The maximum Gasteiger partial charge on any atom is 0.144 e. The summed E-state index contributed by atoms with van der Waals surface area (Å²) in [6.45, 7) is 8.13. The lowest BCUT2D eigenvalue weighted by Gasteiger charge is -2.25. The Bertz CT molecular complexity index is 673. The minimum Gasteiger partial charge on any atom is -0.379 e. The van der Waals surface area contributed by atoms with Crippen molar-refractivity contribution >= 4 is 38.6 Å². The van der Waals surface area contributed by atoms with E-state index in [1.165, 1.54) is 0 Å². The molecule has 0 spiro atoms. The zero-order chi connectivity index (χ0) is 15.4. The van der Waals surface area contributed by atoms with Crippen molar-refractivity contribution in [2.75, 3.05) is 32.1 Å². The summed E-state index contributed by atoms with van der Waals surface area (Å²) in [7, 11) is 0. The Morgan fingerprint density at radius 2 is 2.05 bits per heavy atom. The standard InChI is InChI=1S/C16H18BrN3OS/c1-12(17)11-22-16-13-4-2-3-5-14(13)18-15(19-16)10-20-6-8-21-9-7-20/h2-5H,1,6-11H2. The monoisotopic (exact) mass is 379 g/mol. The molecule has 1 fully saturated rings. The molecular weight excluding hydrogens is 362 g/mol. The number of benzene rings is 1. The summed E-state index contributed by atoms with van der Waals surface area (Å²) < 4.78 is 6.36. The van der Waals surface area contributed by atoms with Crippen LogP contribution in [0.25, 0.3) is 10.9 Å². The van der Waals surface area contributed by atoms with Gasteiger partial charge in [-0.05, 0) is 10.5 Å². The predicted octanol–water partition coefficient (Wildman–Crippen LogP) is 3.46. The molecule has 1 aliphatic rings. The molecule has 4 nitrogen and oxygen atoms in total. The van der Waals surface area contributed by atoms with Crippen molar-refractivity contribution in [2.45, 2.75) is 11.6 Å². The molecule has 0 atom stereocenters. The second kappa shape index (κ2) is 7.55. The van der Waals surface area contributed by atoms with Gasteiger partial charge in [-0.25, -0.2) is 9.97 Å². The molecule has 1 aliphatic heterocycles. The average molecular weight is 380 g/mol. The van der Waals surface area contributed by atoms with Gasteiger partial charge in [0.2, 0.25) is 0 Å². The van der Waals surface area contributed by atoms with E-state index in [2.05, 4.69) is 33.5 Å². The number of thioether (sulfide) groups is 1. The Hall–Kier alpha value is -0.950. The van der Waals surface area contributed by atoms with Gasteiger partial charge in [-0.2, -0.15) is 0 Å². The lowest BCUT2D eigenvalue weighted by atomic mass is 10.2. The largest absolute Gasteiger partial charge is 0.379 e. The van der Waals surface area contributed by atoms with Gasteiger partial charge in [0.1, 0.15) is 10.9 Å². The summed E-state index contributed by atoms with van der Waals surface area (Å²) in [5, 5.41) is 2.13. The number of rotatable bonds is 5. The van der Waals surface area contributed by atoms with E-state index >= 15 is 0 Å². The normalized spacial score (nSPS) is 16.0. The molecule has 0 bridgehead atoms. The Morgan fingerprint density at radius 1 is 1.27 bits per heavy atom. The maximum absolute atomic E-state index is 5.39. The van der Waals surface area contributed by atoms with Crippen LogP contribution in [0.2, 0.25) is 0 Å². The number of hydrogen-bond donors (Lipinski definition) is 0. The zero-order valence-electron chi connectivity index (χ0n) is 12.3. The van der Waals surface area contributed by atoms with Gasteiger partial charge >= 0.3 is 0 Å². The van der Waals surface area contributed by atoms with Crippen molar-refractivity contribution in [3.05, 3.63) is 41.2 Å². The fourth-order valence-corrected chi connectivity index (χ4v) is 3.51. The Balaban J connectivity index is 1.87. The molecule has 0 saturated carbocycles. The van der Waals surface area contributed by atoms with E-state index in [4.69, 9.17) is 14.7 Å². The zero-order valence-corrected chi connectivity index (χ0v) is 14.7. The fourth-order valence-electron chi connectivity index (χ4n) is 2.38. The first kappa shape index (κ1) is 15.9. The number of ether oxygens (including phenoxy) is 1. The maximum atomic E-state index is 5.39. The van der Waals surface area contributed by atoms with Gasteiger partial charge in [-0.15, -0.1) is 11.8 Å². The van der Waals surface area contributed by atoms with Crippen molar-refractivity contribution in [3.8, 4) is 0 Å². The molecule has 0 radical (unpaired) electrons. The second-order valence-electron chi connectivity index (χ2n) is 5.16. The molecule has 0 unspecified atom stereocenters. The number of halogens is 1. The molecule has 1 aromatic carbocycles. The molecule has 0 aliphatic carbocycles. The summed E-state index contributed by atoms with van der Waals surface area (Å²) in [5.41, 5.74) is 1.00. The highest BCUT2D eigenvalue weighted by molar-refractivity contribution is 9.11. The van der Waals surface area contributed by atoms with Gasteiger partial charge in [0, 0.05) is 24.2 Å². The molecule has 1 saturated heterocycles. The topological polar surface area (TPSA) is 38.2 Å². The Kier molecular flexibility index (Phi) is 5.46. The van der Waals surface area contributed by atoms with Crippen LogP contribution in [0.1, 0.15) is 5.82 Å². The highest BCUT2D eigenvalue weighted by atomic mass is 79.9. The fraction of sp³-hybridized carbons (Fsp3) is 0.375. The number of fused-ring (bicyclic) bond motifs is 1. The lowest BCUT2D eigenvalue weighted by molar-refractivity contribution is 0.0330. The van der Waals surface area contributed by atoms with Gasteiger partial charge < -0.3 is 4.74 Å². The predicted molar refractivity (Wildman–Crippen MR) is 94.4 cm³/mol. The minimum atomic E-state index is 0.775. The van der Waals surface area contributed by atoms with Crippen molar-refractivity contribution in [3.63, 3.8) is 0 Å². The molecule has 3 rings (SSSR count). The molecule has 1 aromatic heterocycles. The van der Waals surface area contributed by atoms with Crippen molar-refractivity contribution in [2.24, 2.45) is 0 Å². The van der Waals surface area contributed by atoms with Gasteiger partial charge in [-0.3, -0.25) is 4.90 Å². The average Bonchev–Trinajstić information content (AvgIpc) is 2.53. The van der Waals surface area contributed by atoms with Gasteiger partial charge in [0.25, 0.3) is 0 Å². The SMILES string of the molecule is C=C(Br)CSc1nc(CN2CCOCC2)nc2ccccc12. The highest BCUT2D eigenvalue weighted by Crippen LogP contribution is 2.27. The van der Waals surface area contributed by atoms with Gasteiger partial charge in [-0.1, -0.05) is 40.7 Å². The van der Waals surface area contributed by atoms with E-state index in [9.17, 15) is 0 Å². The molecular formula is C16H18BrN3OS. The molecule has 2 aromatic rings. The summed E-state index contributed by atoms with van der Waals surface area (Å²) in [6, 6.07) is 8.17. The number of aromatic nitrogens is 2.